The number of hydrogen-bond acceptors (Lipinski definition) is 6. The van der Waals surface area contributed by atoms with Crippen molar-refractivity contribution >= 4 is 34.4 Å². The number of anilines is 1. The molecule has 1 amide bonds. The molecular formula is C22H22ClFN8O. The Balaban J connectivity index is 1.26. The predicted octanol–water partition coefficient (Wildman–Crippen LogP) is 3.36. The number of rotatable bonds is 6. The zero-order valence-corrected chi connectivity index (χ0v) is 18.5. The monoisotopic (exact) mass is 468 g/mol. The van der Waals surface area contributed by atoms with Crippen molar-refractivity contribution in [2.24, 2.45) is 5.92 Å². The van der Waals surface area contributed by atoms with Crippen molar-refractivity contribution in [2.75, 3.05) is 25.0 Å². The van der Waals surface area contributed by atoms with Crippen molar-refractivity contribution < 1.29 is 9.18 Å². The number of carbonyl (C=O) groups is 1. The van der Waals surface area contributed by atoms with E-state index in [0.717, 1.165) is 31.0 Å². The number of nitrogens with one attached hydrogen (secondary N) is 2. The number of H-pyrrole nitrogens is 1. The highest BCUT2D eigenvalue weighted by molar-refractivity contribution is 6.31. The highest BCUT2D eigenvalue weighted by Gasteiger charge is 2.24. The fourth-order valence-electron chi connectivity index (χ4n) is 4.12. The first-order chi connectivity index (χ1) is 16.1. The number of pyridine rings is 1. The van der Waals surface area contributed by atoms with Crippen LogP contribution in [0.2, 0.25) is 5.02 Å². The fourth-order valence-corrected chi connectivity index (χ4v) is 4.28. The average molecular weight is 469 g/mol. The standard InChI is InChI=1S/C22H22ClFN8O/c23-15-6-16-17(9-28-20(16)27-8-15)21-29-10-18(24)22(30-21)26-7-14-2-1-4-32(11-14)19(33)12-31-5-3-25-13-31/h3,5-6,8-10,13-14H,1-2,4,7,11-12H2,(H,27,28)(H,26,29,30). The van der Waals surface area contributed by atoms with Crippen molar-refractivity contribution in [3.8, 4) is 11.4 Å². The Kier molecular flexibility index (Phi) is 5.91. The van der Waals surface area contributed by atoms with Crippen molar-refractivity contribution in [2.45, 2.75) is 19.4 Å². The molecule has 1 unspecified atom stereocenters. The van der Waals surface area contributed by atoms with Gasteiger partial charge in [-0.1, -0.05) is 11.6 Å². The van der Waals surface area contributed by atoms with Gasteiger partial charge in [0.05, 0.1) is 17.5 Å². The normalized spacial score (nSPS) is 16.3. The number of aromatic nitrogens is 6. The Hall–Kier alpha value is -3.53. The smallest absolute Gasteiger partial charge is 0.242 e. The second-order valence-corrected chi connectivity index (χ2v) is 8.54. The molecule has 1 aliphatic heterocycles. The minimum Gasteiger partial charge on any atom is -0.367 e. The third-order valence-electron chi connectivity index (χ3n) is 5.79. The van der Waals surface area contributed by atoms with E-state index in [1.165, 1.54) is 0 Å². The summed E-state index contributed by atoms with van der Waals surface area (Å²) in [4.78, 5) is 34.3. The molecule has 5 heterocycles. The van der Waals surface area contributed by atoms with Gasteiger partial charge in [0, 0.05) is 55.4 Å². The number of carbonyl (C=O) groups excluding carboxylic acids is 1. The van der Waals surface area contributed by atoms with Crippen LogP contribution in [-0.2, 0) is 11.3 Å². The van der Waals surface area contributed by atoms with Crippen molar-refractivity contribution in [3.63, 3.8) is 0 Å². The molecule has 1 aliphatic rings. The van der Waals surface area contributed by atoms with Gasteiger partial charge < -0.3 is 19.8 Å². The van der Waals surface area contributed by atoms with E-state index in [2.05, 4.69) is 30.2 Å². The van der Waals surface area contributed by atoms with Crippen molar-refractivity contribution in [3.05, 3.63) is 54.2 Å². The molecule has 4 aromatic heterocycles. The second kappa shape index (κ2) is 9.14. The van der Waals surface area contributed by atoms with Crippen molar-refractivity contribution in [1.82, 2.24) is 34.4 Å². The summed E-state index contributed by atoms with van der Waals surface area (Å²) in [7, 11) is 0. The maximum Gasteiger partial charge on any atom is 0.242 e. The molecular weight excluding hydrogens is 447 g/mol. The quantitative estimate of drug-likeness (QED) is 0.449. The highest BCUT2D eigenvalue weighted by Crippen LogP contribution is 2.28. The summed E-state index contributed by atoms with van der Waals surface area (Å²) < 4.78 is 16.2. The van der Waals surface area contributed by atoms with Gasteiger partial charge >= 0.3 is 0 Å². The van der Waals surface area contributed by atoms with Crippen LogP contribution in [0.5, 0.6) is 0 Å². The maximum atomic E-state index is 14.5. The Bertz CT molecular complexity index is 1270. The number of nitrogens with zero attached hydrogens (tertiary/aromatic N) is 6. The molecule has 0 bridgehead atoms. The molecule has 11 heteroatoms. The summed E-state index contributed by atoms with van der Waals surface area (Å²) in [6.07, 6.45) is 11.4. The van der Waals surface area contributed by atoms with E-state index in [1.54, 1.807) is 41.7 Å². The van der Waals surface area contributed by atoms with E-state index >= 15 is 0 Å². The van der Waals surface area contributed by atoms with Crippen LogP contribution in [0.3, 0.4) is 0 Å². The molecule has 0 aliphatic carbocycles. The number of halogens is 2. The van der Waals surface area contributed by atoms with E-state index in [-0.39, 0.29) is 24.2 Å². The van der Waals surface area contributed by atoms with Gasteiger partial charge in [-0.3, -0.25) is 4.79 Å². The molecule has 0 aromatic carbocycles. The van der Waals surface area contributed by atoms with Gasteiger partial charge in [0.2, 0.25) is 5.91 Å². The molecule has 0 spiro atoms. The number of fused-ring (bicyclic) bond motifs is 1. The third-order valence-corrected chi connectivity index (χ3v) is 6.00. The number of amides is 1. The lowest BCUT2D eigenvalue weighted by molar-refractivity contribution is -0.133. The summed E-state index contributed by atoms with van der Waals surface area (Å²) in [5.41, 5.74) is 1.34. The molecule has 5 rings (SSSR count). The summed E-state index contributed by atoms with van der Waals surface area (Å²) in [6.45, 7) is 2.12. The molecule has 1 saturated heterocycles. The lowest BCUT2D eigenvalue weighted by Gasteiger charge is -2.33. The Morgan fingerprint density at radius 1 is 1.33 bits per heavy atom. The summed E-state index contributed by atoms with van der Waals surface area (Å²) in [6, 6.07) is 1.77. The Labute approximate surface area is 194 Å². The molecule has 0 radical (unpaired) electrons. The van der Waals surface area contributed by atoms with Gasteiger partial charge in [-0.25, -0.2) is 24.3 Å². The van der Waals surface area contributed by atoms with Crippen LogP contribution >= 0.6 is 11.6 Å². The van der Waals surface area contributed by atoms with Crippen molar-refractivity contribution in [1.29, 1.82) is 0 Å². The van der Waals surface area contributed by atoms with Gasteiger partial charge in [0.25, 0.3) is 0 Å². The van der Waals surface area contributed by atoms with Gasteiger partial charge in [0.1, 0.15) is 12.2 Å². The van der Waals surface area contributed by atoms with E-state index < -0.39 is 5.82 Å². The molecule has 1 atom stereocenters. The highest BCUT2D eigenvalue weighted by atomic mass is 35.5. The minimum atomic E-state index is -0.529. The SMILES string of the molecule is O=C(Cn1ccnc1)N1CCCC(CNc2nc(-c3c[nH]c4ncc(Cl)cc34)ncc2F)C1. The first-order valence-electron chi connectivity index (χ1n) is 10.7. The van der Waals surface area contributed by atoms with Gasteiger partial charge in [-0.15, -0.1) is 0 Å². The molecule has 170 valence electrons. The molecule has 9 nitrogen and oxygen atoms in total. The van der Waals surface area contributed by atoms with Gasteiger partial charge in [0.15, 0.2) is 17.5 Å². The predicted molar refractivity (Wildman–Crippen MR) is 122 cm³/mol. The van der Waals surface area contributed by atoms with E-state index in [0.29, 0.717) is 35.1 Å². The summed E-state index contributed by atoms with van der Waals surface area (Å²) >= 11 is 6.08. The number of piperidine rings is 1. The third kappa shape index (κ3) is 4.65. The largest absolute Gasteiger partial charge is 0.367 e. The lowest BCUT2D eigenvalue weighted by Crippen LogP contribution is -2.43. The first kappa shape index (κ1) is 21.3. The first-order valence-corrected chi connectivity index (χ1v) is 11.1. The van der Waals surface area contributed by atoms with Gasteiger partial charge in [-0.05, 0) is 24.8 Å². The number of imidazole rings is 1. The minimum absolute atomic E-state index is 0.0554. The van der Waals surface area contributed by atoms with Crippen LogP contribution in [0.15, 0.2) is 43.4 Å². The zero-order chi connectivity index (χ0) is 22.8. The second-order valence-electron chi connectivity index (χ2n) is 8.11. The lowest BCUT2D eigenvalue weighted by atomic mass is 9.98. The summed E-state index contributed by atoms with van der Waals surface area (Å²) in [5, 5.41) is 4.38. The van der Waals surface area contributed by atoms with Gasteiger partial charge in [-0.2, -0.15) is 0 Å². The number of likely N-dealkylation sites (tertiary alicyclic amines) is 1. The summed E-state index contributed by atoms with van der Waals surface area (Å²) in [5.74, 6) is 0.221. The topological polar surface area (TPSA) is 105 Å². The molecule has 1 fully saturated rings. The van der Waals surface area contributed by atoms with E-state index in [4.69, 9.17) is 11.6 Å². The van der Waals surface area contributed by atoms with E-state index in [1.807, 2.05) is 4.90 Å². The Morgan fingerprint density at radius 3 is 3.09 bits per heavy atom. The number of hydrogen-bond donors (Lipinski definition) is 2. The molecule has 0 saturated carbocycles. The molecule has 4 aromatic rings. The van der Waals surface area contributed by atoms with Crippen LogP contribution in [-0.4, -0.2) is 59.9 Å². The van der Waals surface area contributed by atoms with Crippen LogP contribution < -0.4 is 5.32 Å². The molecule has 33 heavy (non-hydrogen) atoms. The maximum absolute atomic E-state index is 14.5. The number of aromatic amines is 1. The Morgan fingerprint density at radius 2 is 2.24 bits per heavy atom. The average Bonchev–Trinajstić information content (AvgIpc) is 3.48. The zero-order valence-electron chi connectivity index (χ0n) is 17.7. The molecule has 2 N–H and O–H groups in total. The fraction of sp³-hybridized carbons (Fsp3) is 0.318. The van der Waals surface area contributed by atoms with Crippen LogP contribution in [0.25, 0.3) is 22.4 Å². The van der Waals surface area contributed by atoms with Crippen LogP contribution in [0.1, 0.15) is 12.8 Å². The van der Waals surface area contributed by atoms with Crippen LogP contribution in [0, 0.1) is 11.7 Å². The van der Waals surface area contributed by atoms with Crippen LogP contribution in [0.4, 0.5) is 10.2 Å². The van der Waals surface area contributed by atoms with E-state index in [9.17, 15) is 9.18 Å².